The van der Waals surface area contributed by atoms with Crippen molar-refractivity contribution < 1.29 is 33.8 Å². The predicted molar refractivity (Wildman–Crippen MR) is 72.1 cm³/mol. The van der Waals surface area contributed by atoms with Crippen LogP contribution < -0.4 is 5.56 Å². The number of rotatable bonds is 4. The summed E-state index contributed by atoms with van der Waals surface area (Å²) in [5.74, 6) is 0. The monoisotopic (exact) mass is 348 g/mol. The van der Waals surface area contributed by atoms with Crippen molar-refractivity contribution in [1.82, 2.24) is 19.5 Å². The van der Waals surface area contributed by atoms with Gasteiger partial charge in [0.25, 0.3) is 5.56 Å². The number of aliphatic hydroxyl groups excluding tert-OH is 2. The summed E-state index contributed by atoms with van der Waals surface area (Å²) in [6, 6.07) is 0. The molecule has 5 N–H and O–H groups in total. The first-order valence-corrected chi connectivity index (χ1v) is 7.93. The van der Waals surface area contributed by atoms with Gasteiger partial charge in [-0.2, -0.15) is 0 Å². The Bertz CT molecular complexity index is 815. The molecule has 4 atom stereocenters. The summed E-state index contributed by atoms with van der Waals surface area (Å²) in [6.07, 6.45) is -3.04. The molecule has 0 aliphatic carbocycles. The van der Waals surface area contributed by atoms with E-state index in [1.165, 1.54) is 10.9 Å². The zero-order valence-corrected chi connectivity index (χ0v) is 12.3. The second-order valence-electron chi connectivity index (χ2n) is 4.85. The molecule has 2 aromatic rings. The fraction of sp³-hybridized carbons (Fsp3) is 0.500. The van der Waals surface area contributed by atoms with Crippen molar-refractivity contribution in [2.75, 3.05) is 6.61 Å². The average Bonchev–Trinajstić information content (AvgIpc) is 3.01. The standard InChI is InChI=1S/C10H13N4O8P/c15-1-4-7(22-23(18,19)20)6(16)10(21-4)14-3-13-5-8(14)11-2-12-9(5)17/h2-4,6-7,10,15-16H,1H2,(H,11,12,17)(H2,18,19,20)/t4-,6+,7-,10-/m0/s1. The van der Waals surface area contributed by atoms with Gasteiger partial charge in [0.15, 0.2) is 17.4 Å². The summed E-state index contributed by atoms with van der Waals surface area (Å²) in [5, 5.41) is 19.5. The molecule has 1 saturated heterocycles. The highest BCUT2D eigenvalue weighted by Gasteiger charge is 2.48. The minimum Gasteiger partial charge on any atom is -0.394 e. The van der Waals surface area contributed by atoms with Gasteiger partial charge in [0.1, 0.15) is 18.3 Å². The highest BCUT2D eigenvalue weighted by Crippen LogP contribution is 2.43. The molecule has 0 amide bonds. The molecule has 0 radical (unpaired) electrons. The molecule has 3 rings (SSSR count). The Morgan fingerprint density at radius 3 is 2.83 bits per heavy atom. The van der Waals surface area contributed by atoms with E-state index < -0.39 is 44.5 Å². The topological polar surface area (TPSA) is 180 Å². The van der Waals surface area contributed by atoms with Crippen LogP contribution in [0.2, 0.25) is 0 Å². The minimum atomic E-state index is -4.91. The van der Waals surface area contributed by atoms with E-state index in [0.717, 1.165) is 6.33 Å². The van der Waals surface area contributed by atoms with E-state index in [1.54, 1.807) is 0 Å². The zero-order valence-electron chi connectivity index (χ0n) is 11.4. The van der Waals surface area contributed by atoms with Crippen LogP contribution in [-0.4, -0.2) is 64.4 Å². The molecule has 0 unspecified atom stereocenters. The maximum atomic E-state index is 11.6. The first kappa shape index (κ1) is 16.2. The van der Waals surface area contributed by atoms with Gasteiger partial charge in [0.2, 0.25) is 0 Å². The first-order valence-electron chi connectivity index (χ1n) is 6.40. The lowest BCUT2D eigenvalue weighted by molar-refractivity contribution is -0.0509. The molecule has 0 bridgehead atoms. The Hall–Kier alpha value is -1.66. The molecule has 13 heteroatoms. The van der Waals surface area contributed by atoms with Crippen molar-refractivity contribution in [3.8, 4) is 0 Å². The predicted octanol–water partition coefficient (Wildman–Crippen LogP) is -2.15. The zero-order chi connectivity index (χ0) is 16.8. The van der Waals surface area contributed by atoms with Crippen LogP contribution in [0.3, 0.4) is 0 Å². The molecule has 1 fully saturated rings. The van der Waals surface area contributed by atoms with E-state index in [1.807, 2.05) is 0 Å². The van der Waals surface area contributed by atoms with E-state index in [-0.39, 0.29) is 11.2 Å². The third-order valence-corrected chi connectivity index (χ3v) is 3.91. The maximum absolute atomic E-state index is 11.6. The molecule has 12 nitrogen and oxygen atoms in total. The Kier molecular flexibility index (Phi) is 4.06. The smallest absolute Gasteiger partial charge is 0.394 e. The number of ether oxygens (including phenoxy) is 1. The summed E-state index contributed by atoms with van der Waals surface area (Å²) in [4.78, 5) is 39.5. The van der Waals surface area contributed by atoms with E-state index in [2.05, 4.69) is 19.5 Å². The summed E-state index contributed by atoms with van der Waals surface area (Å²) in [5.41, 5.74) is -0.391. The average molecular weight is 348 g/mol. The van der Waals surface area contributed by atoms with Gasteiger partial charge in [-0.3, -0.25) is 13.9 Å². The van der Waals surface area contributed by atoms with Crippen LogP contribution in [0, 0.1) is 0 Å². The molecular weight excluding hydrogens is 335 g/mol. The Morgan fingerprint density at radius 1 is 1.43 bits per heavy atom. The van der Waals surface area contributed by atoms with Crippen molar-refractivity contribution in [3.05, 3.63) is 23.0 Å². The first-order chi connectivity index (χ1) is 10.8. The quantitative estimate of drug-likeness (QED) is 0.382. The summed E-state index contributed by atoms with van der Waals surface area (Å²) >= 11 is 0. The minimum absolute atomic E-state index is 0.00297. The molecular formula is C10H13N4O8P. The fourth-order valence-electron chi connectivity index (χ4n) is 2.43. The number of aromatic nitrogens is 4. The molecule has 1 aliphatic rings. The van der Waals surface area contributed by atoms with Gasteiger partial charge >= 0.3 is 7.82 Å². The third-order valence-electron chi connectivity index (χ3n) is 3.39. The van der Waals surface area contributed by atoms with Crippen molar-refractivity contribution in [2.24, 2.45) is 0 Å². The molecule has 126 valence electrons. The van der Waals surface area contributed by atoms with E-state index in [0.29, 0.717) is 0 Å². The second kappa shape index (κ2) is 5.76. The molecule has 0 saturated carbocycles. The second-order valence-corrected chi connectivity index (χ2v) is 6.05. The molecule has 0 spiro atoms. The number of nitrogens with zero attached hydrogens (tertiary/aromatic N) is 3. The SMILES string of the molecule is O=c1[nH]cnc2c1ncn2[C@H]1O[C@@H](CO)[C@H](OP(=O)(O)O)[C@H]1O. The van der Waals surface area contributed by atoms with Crippen LogP contribution >= 0.6 is 7.82 Å². The van der Waals surface area contributed by atoms with Crippen molar-refractivity contribution in [2.45, 2.75) is 24.5 Å². The molecule has 23 heavy (non-hydrogen) atoms. The number of phosphoric acid groups is 1. The number of nitrogens with one attached hydrogen (secondary N) is 1. The van der Waals surface area contributed by atoms with Crippen LogP contribution in [0.5, 0.6) is 0 Å². The lowest BCUT2D eigenvalue weighted by Gasteiger charge is -2.19. The van der Waals surface area contributed by atoms with E-state index in [4.69, 9.17) is 14.5 Å². The van der Waals surface area contributed by atoms with Gasteiger partial charge in [-0.05, 0) is 0 Å². The van der Waals surface area contributed by atoms with E-state index >= 15 is 0 Å². The number of hydrogen-bond donors (Lipinski definition) is 5. The fourth-order valence-corrected chi connectivity index (χ4v) is 3.01. The van der Waals surface area contributed by atoms with Gasteiger partial charge in [-0.15, -0.1) is 0 Å². The number of aliphatic hydroxyl groups is 2. The largest absolute Gasteiger partial charge is 0.470 e. The lowest BCUT2D eigenvalue weighted by atomic mass is 10.1. The van der Waals surface area contributed by atoms with Crippen molar-refractivity contribution in [3.63, 3.8) is 0 Å². The van der Waals surface area contributed by atoms with Gasteiger partial charge in [0.05, 0.1) is 19.3 Å². The Labute approximate surface area is 127 Å². The molecule has 3 heterocycles. The Morgan fingerprint density at radius 2 is 2.17 bits per heavy atom. The number of H-pyrrole nitrogens is 1. The van der Waals surface area contributed by atoms with Crippen LogP contribution in [0.15, 0.2) is 17.4 Å². The van der Waals surface area contributed by atoms with Crippen LogP contribution in [0.25, 0.3) is 11.2 Å². The van der Waals surface area contributed by atoms with Gasteiger partial charge in [-0.1, -0.05) is 0 Å². The van der Waals surface area contributed by atoms with Gasteiger partial charge in [-0.25, -0.2) is 14.5 Å². The molecule has 2 aromatic heterocycles. The van der Waals surface area contributed by atoms with Crippen LogP contribution in [0.4, 0.5) is 0 Å². The van der Waals surface area contributed by atoms with Crippen LogP contribution in [-0.2, 0) is 13.8 Å². The number of aromatic amines is 1. The number of phosphoric ester groups is 1. The van der Waals surface area contributed by atoms with Crippen LogP contribution in [0.1, 0.15) is 6.23 Å². The lowest BCUT2D eigenvalue weighted by Crippen LogP contribution is -2.35. The summed E-state index contributed by atoms with van der Waals surface area (Å²) < 4.78 is 22.1. The van der Waals surface area contributed by atoms with Crippen molar-refractivity contribution in [1.29, 1.82) is 0 Å². The normalized spacial score (nSPS) is 28.5. The van der Waals surface area contributed by atoms with Crippen molar-refractivity contribution >= 4 is 19.0 Å². The number of hydrogen-bond acceptors (Lipinski definition) is 8. The maximum Gasteiger partial charge on any atom is 0.470 e. The number of imidazole rings is 1. The highest BCUT2D eigenvalue weighted by molar-refractivity contribution is 7.46. The number of fused-ring (bicyclic) bond motifs is 1. The molecule has 1 aliphatic heterocycles. The molecule has 0 aromatic carbocycles. The summed E-state index contributed by atoms with van der Waals surface area (Å²) in [6.45, 7) is -0.640. The Balaban J connectivity index is 1.98. The summed E-state index contributed by atoms with van der Waals surface area (Å²) in [7, 11) is -4.91. The van der Waals surface area contributed by atoms with E-state index in [9.17, 15) is 19.6 Å². The van der Waals surface area contributed by atoms with Gasteiger partial charge in [0, 0.05) is 0 Å². The third kappa shape index (κ3) is 2.93. The highest BCUT2D eigenvalue weighted by atomic mass is 31.2. The van der Waals surface area contributed by atoms with Gasteiger partial charge < -0.3 is 29.7 Å².